The first kappa shape index (κ1) is 19.8. The molecule has 9 heteroatoms. The zero-order chi connectivity index (χ0) is 17.4. The molecule has 0 radical (unpaired) electrons. The highest BCUT2D eigenvalue weighted by Crippen LogP contribution is 2.02. The average Bonchev–Trinajstić information content (AvgIpc) is 2.40. The molecular formula is C13H24N4O5. The number of carbonyl (C=O) groups excluding carboxylic acids is 3. The maximum atomic E-state index is 12.0. The summed E-state index contributed by atoms with van der Waals surface area (Å²) in [5, 5.41) is 15.7. The molecule has 0 saturated heterocycles. The second kappa shape index (κ2) is 8.98. The molecule has 0 aliphatic heterocycles. The van der Waals surface area contributed by atoms with Gasteiger partial charge in [-0.15, -0.1) is 0 Å². The van der Waals surface area contributed by atoms with Crippen LogP contribution in [0.15, 0.2) is 0 Å². The first-order valence-electron chi connectivity index (χ1n) is 6.92. The van der Waals surface area contributed by atoms with Crippen molar-refractivity contribution in [1.82, 2.24) is 16.0 Å². The topological polar surface area (TPSA) is 151 Å². The molecule has 22 heavy (non-hydrogen) atoms. The molecule has 0 aliphatic rings. The Balaban J connectivity index is 4.50. The molecule has 0 fully saturated rings. The molecule has 126 valence electrons. The van der Waals surface area contributed by atoms with E-state index in [1.54, 1.807) is 13.8 Å². The highest BCUT2D eigenvalue weighted by atomic mass is 16.4. The largest absolute Gasteiger partial charge is 0.480 e. The third kappa shape index (κ3) is 7.02. The summed E-state index contributed by atoms with van der Waals surface area (Å²) in [6.07, 6.45) is 0. The number of aliphatic carboxylic acids is 1. The van der Waals surface area contributed by atoms with E-state index >= 15 is 0 Å². The maximum Gasteiger partial charge on any atom is 0.325 e. The van der Waals surface area contributed by atoms with E-state index in [1.165, 1.54) is 13.8 Å². The monoisotopic (exact) mass is 316 g/mol. The van der Waals surface area contributed by atoms with Gasteiger partial charge in [0.05, 0.1) is 12.6 Å². The van der Waals surface area contributed by atoms with Crippen LogP contribution in [0, 0.1) is 5.92 Å². The van der Waals surface area contributed by atoms with Gasteiger partial charge in [-0.3, -0.25) is 19.2 Å². The Morgan fingerprint density at radius 2 is 1.55 bits per heavy atom. The number of nitrogens with two attached hydrogens (primary N) is 1. The predicted octanol–water partition coefficient (Wildman–Crippen LogP) is -1.82. The van der Waals surface area contributed by atoms with Gasteiger partial charge in [0.15, 0.2) is 0 Å². The minimum absolute atomic E-state index is 0.205. The van der Waals surface area contributed by atoms with Crippen molar-refractivity contribution in [2.45, 2.75) is 45.8 Å². The van der Waals surface area contributed by atoms with Gasteiger partial charge in [-0.05, 0) is 19.8 Å². The van der Waals surface area contributed by atoms with E-state index in [9.17, 15) is 19.2 Å². The van der Waals surface area contributed by atoms with E-state index in [0.29, 0.717) is 0 Å². The molecule has 0 bridgehead atoms. The predicted molar refractivity (Wildman–Crippen MR) is 78.7 cm³/mol. The Bertz CT molecular complexity index is 436. The molecule has 0 saturated carbocycles. The highest BCUT2D eigenvalue weighted by Gasteiger charge is 2.25. The Labute approximate surface area is 129 Å². The first-order valence-corrected chi connectivity index (χ1v) is 6.92. The van der Waals surface area contributed by atoms with Crippen molar-refractivity contribution in [2.24, 2.45) is 11.7 Å². The molecule has 0 heterocycles. The van der Waals surface area contributed by atoms with Crippen LogP contribution >= 0.6 is 0 Å². The van der Waals surface area contributed by atoms with Gasteiger partial charge in [-0.25, -0.2) is 0 Å². The number of hydrogen-bond acceptors (Lipinski definition) is 5. The number of nitrogens with one attached hydrogen (secondary N) is 3. The molecule has 0 aromatic carbocycles. The second-order valence-electron chi connectivity index (χ2n) is 5.36. The third-order valence-corrected chi connectivity index (χ3v) is 2.83. The summed E-state index contributed by atoms with van der Waals surface area (Å²) in [7, 11) is 0. The zero-order valence-corrected chi connectivity index (χ0v) is 13.2. The van der Waals surface area contributed by atoms with Gasteiger partial charge in [-0.2, -0.15) is 0 Å². The number of hydrogen-bond donors (Lipinski definition) is 5. The molecule has 9 nitrogen and oxygen atoms in total. The average molecular weight is 316 g/mol. The summed E-state index contributed by atoms with van der Waals surface area (Å²) in [5.74, 6) is -3.03. The minimum Gasteiger partial charge on any atom is -0.480 e. The summed E-state index contributed by atoms with van der Waals surface area (Å²) >= 11 is 0. The van der Waals surface area contributed by atoms with Crippen LogP contribution in [0.5, 0.6) is 0 Å². The van der Waals surface area contributed by atoms with Crippen LogP contribution < -0.4 is 21.7 Å². The van der Waals surface area contributed by atoms with Gasteiger partial charge >= 0.3 is 5.97 Å². The Kier molecular flexibility index (Phi) is 8.10. The minimum atomic E-state index is -1.18. The summed E-state index contributed by atoms with van der Waals surface area (Å²) in [6, 6.07) is -2.64. The summed E-state index contributed by atoms with van der Waals surface area (Å²) < 4.78 is 0. The molecule has 3 unspecified atom stereocenters. The van der Waals surface area contributed by atoms with Crippen molar-refractivity contribution in [3.05, 3.63) is 0 Å². The van der Waals surface area contributed by atoms with Crippen LogP contribution in [-0.2, 0) is 19.2 Å². The van der Waals surface area contributed by atoms with Crippen LogP contribution in [0.1, 0.15) is 27.7 Å². The summed E-state index contributed by atoms with van der Waals surface area (Å²) in [6.45, 7) is 5.89. The number of carboxylic acids is 1. The van der Waals surface area contributed by atoms with Crippen molar-refractivity contribution >= 4 is 23.7 Å². The quantitative estimate of drug-likeness (QED) is 0.356. The molecule has 0 rings (SSSR count). The third-order valence-electron chi connectivity index (χ3n) is 2.83. The standard InChI is InChI=1S/C13H24N4O5/c1-6(2)10(17-11(19)7(3)14)12(20)15-5-9(18)16-8(4)13(21)22/h6-8,10H,5,14H2,1-4H3,(H,15,20)(H,16,18)(H,17,19)(H,21,22). The molecule has 0 aliphatic carbocycles. The van der Waals surface area contributed by atoms with Gasteiger partial charge < -0.3 is 26.8 Å². The highest BCUT2D eigenvalue weighted by molar-refractivity contribution is 5.92. The fourth-order valence-corrected chi connectivity index (χ4v) is 1.45. The molecule has 0 spiro atoms. The SMILES string of the molecule is CC(N)C(=O)NC(C(=O)NCC(=O)NC(C)C(=O)O)C(C)C. The van der Waals surface area contributed by atoms with Crippen molar-refractivity contribution in [3.63, 3.8) is 0 Å². The lowest BCUT2D eigenvalue weighted by Gasteiger charge is -2.22. The molecule has 0 aromatic heterocycles. The van der Waals surface area contributed by atoms with Gasteiger partial charge in [0, 0.05) is 0 Å². The normalized spacial score (nSPS) is 14.6. The first-order chi connectivity index (χ1) is 10.1. The van der Waals surface area contributed by atoms with Crippen LogP contribution in [0.4, 0.5) is 0 Å². The van der Waals surface area contributed by atoms with Gasteiger partial charge in [-0.1, -0.05) is 13.8 Å². The van der Waals surface area contributed by atoms with Crippen molar-refractivity contribution in [3.8, 4) is 0 Å². The van der Waals surface area contributed by atoms with E-state index in [1.807, 2.05) is 0 Å². The fraction of sp³-hybridized carbons (Fsp3) is 0.692. The summed E-state index contributed by atoms with van der Waals surface area (Å²) in [4.78, 5) is 45.6. The smallest absolute Gasteiger partial charge is 0.325 e. The van der Waals surface area contributed by atoms with Crippen LogP contribution in [0.25, 0.3) is 0 Å². The fourth-order valence-electron chi connectivity index (χ4n) is 1.45. The van der Waals surface area contributed by atoms with Crippen LogP contribution in [0.2, 0.25) is 0 Å². The Hall–Kier alpha value is -2.16. The van der Waals surface area contributed by atoms with E-state index in [-0.39, 0.29) is 12.5 Å². The zero-order valence-electron chi connectivity index (χ0n) is 13.2. The number of carbonyl (C=O) groups is 4. The van der Waals surface area contributed by atoms with E-state index < -0.39 is 41.8 Å². The molecule has 0 aromatic rings. The van der Waals surface area contributed by atoms with Crippen LogP contribution in [-0.4, -0.2) is 53.5 Å². The van der Waals surface area contributed by atoms with Crippen molar-refractivity contribution in [1.29, 1.82) is 0 Å². The van der Waals surface area contributed by atoms with Gasteiger partial charge in [0.1, 0.15) is 12.1 Å². The second-order valence-corrected chi connectivity index (χ2v) is 5.36. The van der Waals surface area contributed by atoms with Gasteiger partial charge in [0.25, 0.3) is 0 Å². The number of amides is 3. The molecule has 3 amide bonds. The lowest BCUT2D eigenvalue weighted by Crippen LogP contribution is -2.54. The van der Waals surface area contributed by atoms with Crippen molar-refractivity contribution < 1.29 is 24.3 Å². The number of carboxylic acid groups (broad SMARTS) is 1. The number of rotatable bonds is 8. The summed E-state index contributed by atoms with van der Waals surface area (Å²) in [5.41, 5.74) is 5.43. The Morgan fingerprint density at radius 1 is 1.00 bits per heavy atom. The molecule has 6 N–H and O–H groups in total. The van der Waals surface area contributed by atoms with E-state index in [0.717, 1.165) is 0 Å². The lowest BCUT2D eigenvalue weighted by atomic mass is 10.0. The molecule has 3 atom stereocenters. The van der Waals surface area contributed by atoms with Gasteiger partial charge in [0.2, 0.25) is 17.7 Å². The van der Waals surface area contributed by atoms with E-state index in [2.05, 4.69) is 16.0 Å². The lowest BCUT2D eigenvalue weighted by molar-refractivity contribution is -0.141. The van der Waals surface area contributed by atoms with Crippen LogP contribution in [0.3, 0.4) is 0 Å². The molecular weight excluding hydrogens is 292 g/mol. The van der Waals surface area contributed by atoms with E-state index in [4.69, 9.17) is 10.8 Å². The van der Waals surface area contributed by atoms with Crippen molar-refractivity contribution in [2.75, 3.05) is 6.54 Å². The Morgan fingerprint density at radius 3 is 1.95 bits per heavy atom. The maximum absolute atomic E-state index is 12.0.